The van der Waals surface area contributed by atoms with E-state index in [1.54, 1.807) is 20.8 Å². The number of hydrogen-bond donors (Lipinski definition) is 1. The third-order valence-corrected chi connectivity index (χ3v) is 3.10. The van der Waals surface area contributed by atoms with E-state index >= 15 is 0 Å². The fourth-order valence-electron chi connectivity index (χ4n) is 2.08. The number of hydrogen-bond acceptors (Lipinski definition) is 3. The standard InChI is InChI=1S/C12H20F3NO3/c1-10(2,3)19-9(17)16-7-5-6-8(16)11(4,18)12(13,14)15/h8,18H,5-7H2,1-4H3/t8-,11-/m0/s1. The molecule has 0 bridgehead atoms. The molecule has 1 aliphatic heterocycles. The lowest BCUT2D eigenvalue weighted by Gasteiger charge is -2.38. The maximum absolute atomic E-state index is 12.8. The van der Waals surface area contributed by atoms with Crippen LogP contribution in [-0.2, 0) is 4.74 Å². The Hall–Kier alpha value is -0.980. The van der Waals surface area contributed by atoms with E-state index in [9.17, 15) is 23.1 Å². The predicted molar refractivity (Wildman–Crippen MR) is 62.6 cm³/mol. The third-order valence-electron chi connectivity index (χ3n) is 3.10. The van der Waals surface area contributed by atoms with Crippen molar-refractivity contribution in [1.82, 2.24) is 4.90 Å². The van der Waals surface area contributed by atoms with Gasteiger partial charge in [-0.15, -0.1) is 0 Å². The molecule has 1 amide bonds. The fraction of sp³-hybridized carbons (Fsp3) is 0.917. The predicted octanol–water partition coefficient (Wildman–Crippen LogP) is 2.70. The monoisotopic (exact) mass is 283 g/mol. The summed E-state index contributed by atoms with van der Waals surface area (Å²) in [5.41, 5.74) is -3.71. The first-order valence-corrected chi connectivity index (χ1v) is 6.15. The van der Waals surface area contributed by atoms with Gasteiger partial charge in [0, 0.05) is 6.54 Å². The van der Waals surface area contributed by atoms with E-state index < -0.39 is 29.5 Å². The molecule has 7 heteroatoms. The second-order valence-corrected chi connectivity index (χ2v) is 5.98. The first kappa shape index (κ1) is 16.1. The zero-order chi connectivity index (χ0) is 15.1. The second-order valence-electron chi connectivity index (χ2n) is 5.98. The molecule has 1 fully saturated rings. The van der Waals surface area contributed by atoms with Crippen molar-refractivity contribution in [3.05, 3.63) is 0 Å². The molecule has 1 heterocycles. The number of rotatable bonds is 1. The number of nitrogens with zero attached hydrogens (tertiary/aromatic N) is 1. The Kier molecular flexibility index (Phi) is 4.10. The van der Waals surface area contributed by atoms with Crippen molar-refractivity contribution in [2.45, 2.75) is 64.0 Å². The summed E-state index contributed by atoms with van der Waals surface area (Å²) in [6.45, 7) is 5.76. The van der Waals surface area contributed by atoms with E-state index in [-0.39, 0.29) is 13.0 Å². The number of aliphatic hydroxyl groups is 1. The first-order chi connectivity index (χ1) is 8.36. The summed E-state index contributed by atoms with van der Waals surface area (Å²) < 4.78 is 43.6. The number of alkyl halides is 3. The van der Waals surface area contributed by atoms with Gasteiger partial charge in [-0.2, -0.15) is 13.2 Å². The van der Waals surface area contributed by atoms with E-state index in [4.69, 9.17) is 4.74 Å². The van der Waals surface area contributed by atoms with Gasteiger partial charge in [-0.1, -0.05) is 0 Å². The number of carbonyl (C=O) groups excluding carboxylic acids is 1. The second kappa shape index (κ2) is 4.85. The Morgan fingerprint density at radius 3 is 2.21 bits per heavy atom. The molecule has 4 nitrogen and oxygen atoms in total. The maximum Gasteiger partial charge on any atom is 0.418 e. The zero-order valence-corrected chi connectivity index (χ0v) is 11.5. The van der Waals surface area contributed by atoms with Crippen LogP contribution in [0.1, 0.15) is 40.5 Å². The largest absolute Gasteiger partial charge is 0.444 e. The Morgan fingerprint density at radius 1 is 1.26 bits per heavy atom. The van der Waals surface area contributed by atoms with E-state index in [0.29, 0.717) is 13.3 Å². The van der Waals surface area contributed by atoms with Gasteiger partial charge in [-0.3, -0.25) is 0 Å². The molecule has 0 aromatic heterocycles. The Bertz CT molecular complexity index is 347. The van der Waals surface area contributed by atoms with Gasteiger partial charge in [-0.25, -0.2) is 4.79 Å². The molecular weight excluding hydrogens is 263 g/mol. The summed E-state index contributed by atoms with van der Waals surface area (Å²) in [7, 11) is 0. The average molecular weight is 283 g/mol. The van der Waals surface area contributed by atoms with Crippen molar-refractivity contribution in [3.8, 4) is 0 Å². The molecule has 0 unspecified atom stereocenters. The lowest BCUT2D eigenvalue weighted by molar-refractivity contribution is -0.269. The molecule has 1 N–H and O–H groups in total. The molecule has 112 valence electrons. The van der Waals surface area contributed by atoms with Gasteiger partial charge in [-0.05, 0) is 40.5 Å². The van der Waals surface area contributed by atoms with E-state index in [0.717, 1.165) is 4.90 Å². The molecule has 0 aromatic rings. The van der Waals surface area contributed by atoms with Crippen molar-refractivity contribution in [2.75, 3.05) is 6.54 Å². The minimum absolute atomic E-state index is 0.103. The minimum atomic E-state index is -4.79. The molecule has 1 aliphatic rings. The summed E-state index contributed by atoms with van der Waals surface area (Å²) >= 11 is 0. The molecule has 0 aliphatic carbocycles. The number of likely N-dealkylation sites (tertiary alicyclic amines) is 1. The Morgan fingerprint density at radius 2 is 1.79 bits per heavy atom. The molecule has 1 rings (SSSR count). The molecule has 0 spiro atoms. The van der Waals surface area contributed by atoms with Gasteiger partial charge in [0.2, 0.25) is 0 Å². The van der Waals surface area contributed by atoms with Crippen LogP contribution < -0.4 is 0 Å². The molecule has 2 atom stereocenters. The minimum Gasteiger partial charge on any atom is -0.444 e. The smallest absolute Gasteiger partial charge is 0.418 e. The van der Waals surface area contributed by atoms with Crippen LogP contribution in [-0.4, -0.2) is 46.1 Å². The van der Waals surface area contributed by atoms with Crippen LogP contribution in [0.15, 0.2) is 0 Å². The van der Waals surface area contributed by atoms with Crippen molar-refractivity contribution >= 4 is 6.09 Å². The van der Waals surface area contributed by atoms with Gasteiger partial charge in [0.15, 0.2) is 5.60 Å². The van der Waals surface area contributed by atoms with Crippen LogP contribution in [0.4, 0.5) is 18.0 Å². The first-order valence-electron chi connectivity index (χ1n) is 6.15. The molecule has 0 aromatic carbocycles. The Balaban J connectivity index is 2.89. The third kappa shape index (κ3) is 3.52. The molecular formula is C12H20F3NO3. The number of carbonyl (C=O) groups is 1. The van der Waals surface area contributed by atoms with Gasteiger partial charge in [0.05, 0.1) is 6.04 Å². The normalized spacial score (nSPS) is 24.2. The summed E-state index contributed by atoms with van der Waals surface area (Å²) in [5, 5.41) is 9.69. The van der Waals surface area contributed by atoms with Crippen LogP contribution in [0.3, 0.4) is 0 Å². The van der Waals surface area contributed by atoms with E-state index in [1.165, 1.54) is 0 Å². The molecule has 0 saturated carbocycles. The summed E-state index contributed by atoms with van der Waals surface area (Å²) in [6.07, 6.45) is -5.09. The Labute approximate surface area is 110 Å². The zero-order valence-electron chi connectivity index (χ0n) is 11.5. The summed E-state index contributed by atoms with van der Waals surface area (Å²) in [6, 6.07) is -1.30. The van der Waals surface area contributed by atoms with Crippen LogP contribution in [0, 0.1) is 0 Å². The van der Waals surface area contributed by atoms with E-state index in [1.807, 2.05) is 0 Å². The van der Waals surface area contributed by atoms with Crippen LogP contribution in [0.5, 0.6) is 0 Å². The molecule has 1 saturated heterocycles. The van der Waals surface area contributed by atoms with Crippen molar-refractivity contribution in [3.63, 3.8) is 0 Å². The van der Waals surface area contributed by atoms with Gasteiger partial charge in [0.1, 0.15) is 5.60 Å². The summed E-state index contributed by atoms with van der Waals surface area (Å²) in [5.74, 6) is 0. The number of halogens is 3. The highest BCUT2D eigenvalue weighted by molar-refractivity contribution is 5.69. The topological polar surface area (TPSA) is 49.8 Å². The molecule has 0 radical (unpaired) electrons. The number of amides is 1. The summed E-state index contributed by atoms with van der Waals surface area (Å²) in [4.78, 5) is 12.8. The van der Waals surface area contributed by atoms with E-state index in [2.05, 4.69) is 0 Å². The highest BCUT2D eigenvalue weighted by Gasteiger charge is 2.58. The molecule has 19 heavy (non-hydrogen) atoms. The van der Waals surface area contributed by atoms with Gasteiger partial charge >= 0.3 is 12.3 Å². The van der Waals surface area contributed by atoms with Crippen molar-refractivity contribution in [1.29, 1.82) is 0 Å². The maximum atomic E-state index is 12.8. The average Bonchev–Trinajstić information content (AvgIpc) is 2.60. The van der Waals surface area contributed by atoms with Gasteiger partial charge < -0.3 is 14.7 Å². The quantitative estimate of drug-likeness (QED) is 0.805. The van der Waals surface area contributed by atoms with Crippen molar-refractivity contribution in [2.24, 2.45) is 0 Å². The highest BCUT2D eigenvalue weighted by Crippen LogP contribution is 2.39. The lowest BCUT2D eigenvalue weighted by atomic mass is 9.94. The van der Waals surface area contributed by atoms with Crippen molar-refractivity contribution < 1.29 is 27.8 Å². The van der Waals surface area contributed by atoms with Gasteiger partial charge in [0.25, 0.3) is 0 Å². The van der Waals surface area contributed by atoms with Crippen LogP contribution >= 0.6 is 0 Å². The van der Waals surface area contributed by atoms with Crippen LogP contribution in [0.25, 0.3) is 0 Å². The fourth-order valence-corrected chi connectivity index (χ4v) is 2.08. The lowest BCUT2D eigenvalue weighted by Crippen LogP contribution is -2.58. The SMILES string of the molecule is CC(C)(C)OC(=O)N1CCC[C@H]1[C@](C)(O)C(F)(F)F. The number of ether oxygens (including phenoxy) is 1. The van der Waals surface area contributed by atoms with Crippen LogP contribution in [0.2, 0.25) is 0 Å². The highest BCUT2D eigenvalue weighted by atomic mass is 19.4.